The number of carbonyl (C=O) groups excluding carboxylic acids is 1. The predicted molar refractivity (Wildman–Crippen MR) is 66.7 cm³/mol. The van der Waals surface area contributed by atoms with Crippen LogP contribution in [0.5, 0.6) is 0 Å². The Morgan fingerprint density at radius 1 is 0.889 bits per heavy atom. The topological polar surface area (TPSA) is 82.2 Å². The number of rotatable bonds is 1. The summed E-state index contributed by atoms with van der Waals surface area (Å²) < 4.78 is 0. The summed E-state index contributed by atoms with van der Waals surface area (Å²) in [5.74, 6) is 0. The van der Waals surface area contributed by atoms with Gasteiger partial charge in [0.05, 0.1) is 21.9 Å². The molecule has 2 amide bonds. The zero-order valence-corrected chi connectivity index (χ0v) is 11.0. The van der Waals surface area contributed by atoms with E-state index >= 15 is 0 Å². The van der Waals surface area contributed by atoms with Crippen molar-refractivity contribution in [3.05, 3.63) is 35.0 Å². The summed E-state index contributed by atoms with van der Waals surface area (Å²) in [6.07, 6.45) is 0. The summed E-state index contributed by atoms with van der Waals surface area (Å²) in [6, 6.07) is 6.79. The van der Waals surface area contributed by atoms with Gasteiger partial charge in [-0.25, -0.2) is 4.79 Å². The first-order chi connectivity index (χ1) is 8.11. The Morgan fingerprint density at radius 2 is 1.22 bits per heavy atom. The van der Waals surface area contributed by atoms with Gasteiger partial charge in [0.1, 0.15) is 0 Å². The van der Waals surface area contributed by atoms with Gasteiger partial charge >= 0.3 is 6.03 Å². The average molecular weight is 250 g/mol. The van der Waals surface area contributed by atoms with Gasteiger partial charge in [-0.15, -0.1) is 0 Å². The maximum atomic E-state index is 10.6. The number of hydrogen-bond acceptors (Lipinski definition) is 3. The van der Waals surface area contributed by atoms with E-state index in [1.54, 1.807) is 39.8 Å². The molecule has 1 aromatic carbocycles. The molecule has 0 saturated heterocycles. The molecule has 0 spiro atoms. The van der Waals surface area contributed by atoms with Crippen molar-refractivity contribution in [2.75, 3.05) is 0 Å². The van der Waals surface area contributed by atoms with Gasteiger partial charge in [-0.3, -0.25) is 0 Å². The molecule has 5 nitrogen and oxygen atoms in total. The molecule has 0 aromatic heterocycles. The number of nitrogens with zero attached hydrogens (tertiary/aromatic N) is 2. The summed E-state index contributed by atoms with van der Waals surface area (Å²) in [7, 11) is 0. The van der Waals surface area contributed by atoms with Gasteiger partial charge in [-0.1, -0.05) is 12.1 Å². The predicted octanol–water partition coefficient (Wildman–Crippen LogP) is 0.588. The minimum absolute atomic E-state index is 0.402. The van der Waals surface area contributed by atoms with Crippen molar-refractivity contribution < 1.29 is 15.0 Å². The summed E-state index contributed by atoms with van der Waals surface area (Å²) in [5.41, 5.74) is -2.01. The van der Waals surface area contributed by atoms with Gasteiger partial charge in [0.15, 0.2) is 0 Å². The van der Waals surface area contributed by atoms with Gasteiger partial charge < -0.3 is 10.2 Å². The number of amides is 2. The molecule has 1 aliphatic heterocycles. The van der Waals surface area contributed by atoms with E-state index in [0.717, 1.165) is 0 Å². The third-order valence-electron chi connectivity index (χ3n) is 2.81. The Labute approximate surface area is 106 Å². The van der Waals surface area contributed by atoms with Gasteiger partial charge in [-0.05, 0) is 39.8 Å². The second kappa shape index (κ2) is 4.96. The Kier molecular flexibility index (Phi) is 3.98. The van der Waals surface area contributed by atoms with Crippen molar-refractivity contribution in [3.63, 3.8) is 0 Å². The summed E-state index contributed by atoms with van der Waals surface area (Å²) >= 11 is 0. The highest BCUT2D eigenvalue weighted by Crippen LogP contribution is 2.19. The Balaban J connectivity index is 0.000000187. The lowest BCUT2D eigenvalue weighted by Gasteiger charge is -2.31. The maximum Gasteiger partial charge on any atom is 0.368 e. The van der Waals surface area contributed by atoms with Crippen molar-refractivity contribution in [1.82, 2.24) is 0 Å². The largest absolute Gasteiger partial charge is 0.387 e. The molecule has 2 rings (SSSR count). The first-order valence-corrected chi connectivity index (χ1v) is 5.62. The molecular formula is C13H18N2O3. The molecule has 0 unspecified atom stereocenters. The molecule has 98 valence electrons. The normalized spacial score (nSPS) is 14.0. The van der Waals surface area contributed by atoms with Crippen molar-refractivity contribution in [1.29, 1.82) is 0 Å². The SMILES string of the molecule is CC(C)(O)C(C)(C)O.O=C1N=c2ccccc2=N1. The van der Waals surface area contributed by atoms with E-state index in [9.17, 15) is 4.79 Å². The van der Waals surface area contributed by atoms with Crippen LogP contribution in [0, 0.1) is 0 Å². The maximum absolute atomic E-state index is 10.6. The molecule has 1 aromatic rings. The van der Waals surface area contributed by atoms with E-state index < -0.39 is 17.2 Å². The molecule has 0 fully saturated rings. The van der Waals surface area contributed by atoms with Crippen LogP contribution >= 0.6 is 0 Å². The zero-order valence-electron chi connectivity index (χ0n) is 11.0. The number of benzene rings is 1. The molecule has 0 bridgehead atoms. The first-order valence-electron chi connectivity index (χ1n) is 5.62. The molecule has 0 aliphatic carbocycles. The Morgan fingerprint density at radius 3 is 1.50 bits per heavy atom. The summed E-state index contributed by atoms with van der Waals surface area (Å²) in [4.78, 5) is 17.9. The zero-order chi connectivity index (χ0) is 14.0. The number of para-hydroxylation sites is 2. The van der Waals surface area contributed by atoms with Crippen molar-refractivity contribution in [2.45, 2.75) is 38.9 Å². The highest BCUT2D eigenvalue weighted by atomic mass is 16.3. The number of fused-ring (bicyclic) bond motifs is 1. The summed E-state index contributed by atoms with van der Waals surface area (Å²) in [6.45, 7) is 6.31. The average Bonchev–Trinajstić information content (AvgIpc) is 2.55. The third kappa shape index (κ3) is 3.72. The molecular weight excluding hydrogens is 232 g/mol. The van der Waals surface area contributed by atoms with Crippen LogP contribution in [0.4, 0.5) is 4.79 Å². The van der Waals surface area contributed by atoms with Crippen LogP contribution in [0.3, 0.4) is 0 Å². The van der Waals surface area contributed by atoms with Crippen molar-refractivity contribution >= 4 is 6.03 Å². The van der Waals surface area contributed by atoms with E-state index in [4.69, 9.17) is 10.2 Å². The lowest BCUT2D eigenvalue weighted by molar-refractivity contribution is -0.107. The van der Waals surface area contributed by atoms with Crippen LogP contribution in [0.25, 0.3) is 0 Å². The summed E-state index contributed by atoms with van der Waals surface area (Å²) in [5, 5.41) is 19.6. The van der Waals surface area contributed by atoms with E-state index in [1.165, 1.54) is 0 Å². The molecule has 2 N–H and O–H groups in total. The van der Waals surface area contributed by atoms with E-state index in [1.807, 2.05) is 12.1 Å². The fourth-order valence-corrected chi connectivity index (χ4v) is 0.884. The lowest BCUT2D eigenvalue weighted by atomic mass is 9.90. The van der Waals surface area contributed by atoms with Crippen LogP contribution in [0.1, 0.15) is 27.7 Å². The minimum Gasteiger partial charge on any atom is -0.387 e. The van der Waals surface area contributed by atoms with Gasteiger partial charge in [0, 0.05) is 0 Å². The number of hydrogen-bond donors (Lipinski definition) is 2. The van der Waals surface area contributed by atoms with Crippen molar-refractivity contribution in [2.24, 2.45) is 9.98 Å². The standard InChI is InChI=1S/C7H4N2O.C6H14O2/c10-7-8-5-3-1-2-4-6(5)9-7;1-5(2,7)6(3,4)8/h1-4H;7-8H,1-4H3. The fraction of sp³-hybridized carbons (Fsp3) is 0.462. The second-order valence-electron chi connectivity index (χ2n) is 5.11. The van der Waals surface area contributed by atoms with Crippen LogP contribution < -0.4 is 10.7 Å². The van der Waals surface area contributed by atoms with Crippen LogP contribution in [0.15, 0.2) is 34.3 Å². The van der Waals surface area contributed by atoms with Crippen LogP contribution in [-0.4, -0.2) is 27.4 Å². The molecule has 0 saturated carbocycles. The van der Waals surface area contributed by atoms with Crippen LogP contribution in [0.2, 0.25) is 0 Å². The molecule has 0 atom stereocenters. The highest BCUT2D eigenvalue weighted by Gasteiger charge is 2.31. The third-order valence-corrected chi connectivity index (χ3v) is 2.81. The van der Waals surface area contributed by atoms with E-state index in [2.05, 4.69) is 9.98 Å². The minimum atomic E-state index is -1.01. The van der Waals surface area contributed by atoms with Crippen molar-refractivity contribution in [3.8, 4) is 0 Å². The Bertz CT molecular complexity index is 502. The lowest BCUT2D eigenvalue weighted by Crippen LogP contribution is -2.44. The molecule has 5 heteroatoms. The number of urea groups is 1. The number of carbonyl (C=O) groups is 1. The van der Waals surface area contributed by atoms with Crippen LogP contribution in [-0.2, 0) is 0 Å². The van der Waals surface area contributed by atoms with Gasteiger partial charge in [0.2, 0.25) is 0 Å². The van der Waals surface area contributed by atoms with Gasteiger partial charge in [-0.2, -0.15) is 9.98 Å². The van der Waals surface area contributed by atoms with E-state index in [-0.39, 0.29) is 0 Å². The molecule has 0 radical (unpaired) electrons. The fourth-order valence-electron chi connectivity index (χ4n) is 0.884. The first kappa shape index (κ1) is 14.5. The quantitative estimate of drug-likeness (QED) is 0.765. The van der Waals surface area contributed by atoms with Gasteiger partial charge in [0.25, 0.3) is 0 Å². The second-order valence-corrected chi connectivity index (χ2v) is 5.11. The molecule has 1 heterocycles. The Hall–Kier alpha value is -1.59. The molecule has 1 aliphatic rings. The smallest absolute Gasteiger partial charge is 0.368 e. The molecule has 18 heavy (non-hydrogen) atoms. The highest BCUT2D eigenvalue weighted by molar-refractivity contribution is 5.77. The number of aliphatic hydroxyl groups is 2. The van der Waals surface area contributed by atoms with E-state index in [0.29, 0.717) is 10.7 Å². The monoisotopic (exact) mass is 250 g/mol.